The van der Waals surface area contributed by atoms with Crippen LogP contribution in [0, 0.1) is 5.41 Å². The van der Waals surface area contributed by atoms with Crippen LogP contribution in [0.25, 0.3) is 10.8 Å². The van der Waals surface area contributed by atoms with Crippen LogP contribution in [0.2, 0.25) is 0 Å². The van der Waals surface area contributed by atoms with Gasteiger partial charge in [0, 0.05) is 49.8 Å². The summed E-state index contributed by atoms with van der Waals surface area (Å²) in [6.45, 7) is 2.65. The van der Waals surface area contributed by atoms with Crippen LogP contribution in [-0.2, 0) is 20.7 Å². The van der Waals surface area contributed by atoms with Crippen LogP contribution in [0.15, 0.2) is 53.1 Å². The number of amidine groups is 1. The van der Waals surface area contributed by atoms with Crippen molar-refractivity contribution in [2.24, 2.45) is 5.73 Å². The maximum atomic E-state index is 12.9. The molecule has 0 radical (unpaired) electrons. The molecule has 1 saturated heterocycles. The van der Waals surface area contributed by atoms with Gasteiger partial charge in [0.2, 0.25) is 5.91 Å². The minimum atomic E-state index is -0.559. The number of likely N-dealkylation sites (N-methyl/N-ethyl adjacent to an activating group) is 1. The summed E-state index contributed by atoms with van der Waals surface area (Å²) in [5.41, 5.74) is 7.00. The Labute approximate surface area is 210 Å². The lowest BCUT2D eigenvalue weighted by molar-refractivity contribution is -0.145. The SMILES string of the molecule is CCOC(=O)C(Cc1occ2cc(C(=N)N)ccc12)c1ccc(O[C@@H]2CN[C@H](C(=O)N(C)C)C2)cc1. The molecule has 190 valence electrons. The van der Waals surface area contributed by atoms with Crippen molar-refractivity contribution in [1.29, 1.82) is 5.41 Å². The van der Waals surface area contributed by atoms with Gasteiger partial charge in [-0.3, -0.25) is 15.0 Å². The largest absolute Gasteiger partial charge is 0.489 e. The topological polar surface area (TPSA) is 131 Å². The van der Waals surface area contributed by atoms with Crippen LogP contribution >= 0.6 is 0 Å². The van der Waals surface area contributed by atoms with Gasteiger partial charge in [-0.05, 0) is 30.7 Å². The van der Waals surface area contributed by atoms with Gasteiger partial charge < -0.3 is 29.8 Å². The molecule has 36 heavy (non-hydrogen) atoms. The predicted molar refractivity (Wildman–Crippen MR) is 136 cm³/mol. The Hall–Kier alpha value is -3.85. The lowest BCUT2D eigenvalue weighted by Gasteiger charge is -2.18. The van der Waals surface area contributed by atoms with Crippen LogP contribution in [0.5, 0.6) is 5.75 Å². The molecule has 0 spiro atoms. The Bertz CT molecular complexity index is 1250. The number of hydrogen-bond donors (Lipinski definition) is 3. The molecule has 1 aromatic heterocycles. The number of benzene rings is 2. The van der Waals surface area contributed by atoms with Crippen LogP contribution < -0.4 is 15.8 Å². The van der Waals surface area contributed by atoms with Gasteiger partial charge in [0.15, 0.2) is 0 Å². The number of hydrogen-bond acceptors (Lipinski definition) is 7. The molecule has 3 aromatic rings. The fourth-order valence-electron chi connectivity index (χ4n) is 4.47. The first-order valence-electron chi connectivity index (χ1n) is 12.0. The van der Waals surface area contributed by atoms with Crippen molar-refractivity contribution in [1.82, 2.24) is 10.2 Å². The lowest BCUT2D eigenvalue weighted by atomic mass is 9.93. The summed E-state index contributed by atoms with van der Waals surface area (Å²) in [6.07, 6.45) is 2.42. The molecule has 0 saturated carbocycles. The van der Waals surface area contributed by atoms with Crippen LogP contribution in [-0.4, -0.2) is 62.0 Å². The predicted octanol–water partition coefficient (Wildman–Crippen LogP) is 2.80. The molecule has 1 aliphatic rings. The zero-order valence-corrected chi connectivity index (χ0v) is 20.7. The number of amides is 1. The van der Waals surface area contributed by atoms with Crippen molar-refractivity contribution in [3.8, 4) is 5.75 Å². The smallest absolute Gasteiger partial charge is 0.313 e. The fraction of sp³-hybridized carbons (Fsp3) is 0.370. The fourth-order valence-corrected chi connectivity index (χ4v) is 4.47. The van der Waals surface area contributed by atoms with Gasteiger partial charge in [-0.25, -0.2) is 0 Å². The van der Waals surface area contributed by atoms with Crippen molar-refractivity contribution in [2.75, 3.05) is 27.2 Å². The molecule has 0 bridgehead atoms. The highest BCUT2D eigenvalue weighted by atomic mass is 16.5. The van der Waals surface area contributed by atoms with Crippen molar-refractivity contribution < 1.29 is 23.5 Å². The highest BCUT2D eigenvalue weighted by Gasteiger charge is 2.32. The summed E-state index contributed by atoms with van der Waals surface area (Å²) >= 11 is 0. The Morgan fingerprint density at radius 2 is 1.97 bits per heavy atom. The van der Waals surface area contributed by atoms with E-state index in [1.807, 2.05) is 30.3 Å². The Balaban J connectivity index is 1.49. The zero-order chi connectivity index (χ0) is 25.8. The van der Waals surface area contributed by atoms with E-state index in [4.69, 9.17) is 25.0 Å². The minimum absolute atomic E-state index is 0.0143. The van der Waals surface area contributed by atoms with Gasteiger partial charge in [0.05, 0.1) is 24.8 Å². The van der Waals surface area contributed by atoms with Gasteiger partial charge in [0.25, 0.3) is 0 Å². The molecule has 9 heteroatoms. The molecule has 4 rings (SSSR count). The van der Waals surface area contributed by atoms with E-state index >= 15 is 0 Å². The number of esters is 1. The molecular weight excluding hydrogens is 460 g/mol. The number of nitrogens with zero attached hydrogens (tertiary/aromatic N) is 1. The monoisotopic (exact) mass is 492 g/mol. The van der Waals surface area contributed by atoms with Crippen LogP contribution in [0.1, 0.15) is 36.1 Å². The molecule has 2 heterocycles. The summed E-state index contributed by atoms with van der Waals surface area (Å²) < 4.78 is 17.2. The van der Waals surface area contributed by atoms with E-state index in [1.165, 1.54) is 0 Å². The number of nitrogens with two attached hydrogens (primary N) is 1. The van der Waals surface area contributed by atoms with Gasteiger partial charge in [-0.15, -0.1) is 0 Å². The first kappa shape index (κ1) is 25.2. The van der Waals surface area contributed by atoms with Crippen LogP contribution in [0.4, 0.5) is 0 Å². The standard InChI is InChI=1S/C27H32N4O5/c1-4-34-27(33)22(13-24-21-10-7-17(25(28)29)11-18(21)15-35-24)16-5-8-19(9-6-16)36-20-12-23(30-14-20)26(32)31(2)3/h5-11,15,20,22-23,30H,4,12-14H2,1-3H3,(H3,28,29)/t20-,22?,23-/m0/s1. The van der Waals surface area contributed by atoms with E-state index in [1.54, 1.807) is 44.3 Å². The summed E-state index contributed by atoms with van der Waals surface area (Å²) in [4.78, 5) is 26.6. The summed E-state index contributed by atoms with van der Waals surface area (Å²) in [5.74, 6) is 0.465. The highest BCUT2D eigenvalue weighted by molar-refractivity contribution is 5.99. The molecule has 0 aliphatic carbocycles. The molecule has 9 nitrogen and oxygen atoms in total. The first-order chi connectivity index (χ1) is 17.3. The number of nitrogen functional groups attached to an aromatic ring is 1. The second kappa shape index (κ2) is 10.8. The van der Waals surface area contributed by atoms with E-state index < -0.39 is 5.92 Å². The van der Waals surface area contributed by atoms with Gasteiger partial charge in [-0.1, -0.05) is 24.3 Å². The summed E-state index contributed by atoms with van der Waals surface area (Å²) in [6, 6.07) is 12.6. The second-order valence-corrected chi connectivity index (χ2v) is 9.12. The molecule has 1 aliphatic heterocycles. The third-order valence-electron chi connectivity index (χ3n) is 6.37. The number of nitrogens with one attached hydrogen (secondary N) is 2. The summed E-state index contributed by atoms with van der Waals surface area (Å²) in [7, 11) is 3.48. The normalized spacial score (nSPS) is 18.1. The number of fused-ring (bicyclic) bond motifs is 1. The summed E-state index contributed by atoms with van der Waals surface area (Å²) in [5, 5.41) is 12.5. The van der Waals surface area contributed by atoms with Gasteiger partial charge >= 0.3 is 5.97 Å². The number of furan rings is 1. The Kier molecular flexibility index (Phi) is 7.59. The third-order valence-corrected chi connectivity index (χ3v) is 6.37. The first-order valence-corrected chi connectivity index (χ1v) is 12.0. The number of carbonyl (C=O) groups excluding carboxylic acids is 2. The van der Waals surface area contributed by atoms with E-state index in [2.05, 4.69) is 5.32 Å². The van der Waals surface area contributed by atoms with Crippen molar-refractivity contribution in [3.05, 3.63) is 65.6 Å². The number of rotatable bonds is 9. The maximum Gasteiger partial charge on any atom is 0.313 e. The molecule has 4 N–H and O–H groups in total. The van der Waals surface area contributed by atoms with Crippen molar-refractivity contribution in [2.45, 2.75) is 37.8 Å². The van der Waals surface area contributed by atoms with Gasteiger partial charge in [-0.2, -0.15) is 0 Å². The number of carbonyl (C=O) groups is 2. The zero-order valence-electron chi connectivity index (χ0n) is 20.7. The molecule has 3 atom stereocenters. The lowest BCUT2D eigenvalue weighted by Crippen LogP contribution is -2.39. The average molecular weight is 493 g/mol. The minimum Gasteiger partial charge on any atom is -0.489 e. The van der Waals surface area contributed by atoms with Crippen molar-refractivity contribution >= 4 is 28.5 Å². The average Bonchev–Trinajstić information content (AvgIpc) is 3.49. The van der Waals surface area contributed by atoms with Crippen LogP contribution in [0.3, 0.4) is 0 Å². The Morgan fingerprint density at radius 3 is 2.64 bits per heavy atom. The second-order valence-electron chi connectivity index (χ2n) is 9.12. The molecule has 1 fully saturated rings. The Morgan fingerprint density at radius 1 is 1.22 bits per heavy atom. The van der Waals surface area contributed by atoms with E-state index in [0.29, 0.717) is 36.5 Å². The van der Waals surface area contributed by atoms with E-state index in [9.17, 15) is 9.59 Å². The van der Waals surface area contributed by atoms with E-state index in [-0.39, 0.29) is 36.5 Å². The van der Waals surface area contributed by atoms with E-state index in [0.717, 1.165) is 16.3 Å². The van der Waals surface area contributed by atoms with Crippen molar-refractivity contribution in [3.63, 3.8) is 0 Å². The number of ether oxygens (including phenoxy) is 2. The quantitative estimate of drug-likeness (QED) is 0.238. The maximum absolute atomic E-state index is 12.9. The van der Waals surface area contributed by atoms with Gasteiger partial charge in [0.1, 0.15) is 23.4 Å². The highest BCUT2D eigenvalue weighted by Crippen LogP contribution is 2.30. The molecule has 2 aromatic carbocycles. The molecular formula is C27H32N4O5. The third kappa shape index (κ3) is 5.52. The molecule has 1 unspecified atom stereocenters. The molecule has 1 amide bonds.